The molecule has 4 saturated carbocycles. The molecule has 0 amide bonds. The highest BCUT2D eigenvalue weighted by Crippen LogP contribution is 2.70. The van der Waals surface area contributed by atoms with Crippen molar-refractivity contribution in [2.75, 3.05) is 0 Å². The van der Waals surface area contributed by atoms with Gasteiger partial charge in [-0.2, -0.15) is 0 Å². The maximum atomic E-state index is 2.50. The van der Waals surface area contributed by atoms with Crippen LogP contribution in [-0.4, -0.2) is 0 Å². The first-order valence-corrected chi connectivity index (χ1v) is 7.38. The Labute approximate surface area is 101 Å². The van der Waals surface area contributed by atoms with Crippen LogP contribution in [0.4, 0.5) is 0 Å². The molecule has 4 fully saturated rings. The Bertz CT molecular complexity index is 280. The van der Waals surface area contributed by atoms with Gasteiger partial charge in [-0.3, -0.25) is 0 Å². The van der Waals surface area contributed by atoms with Gasteiger partial charge in [0, 0.05) is 0 Å². The van der Waals surface area contributed by atoms with Gasteiger partial charge in [-0.15, -0.1) is 0 Å². The van der Waals surface area contributed by atoms with E-state index in [-0.39, 0.29) is 0 Å². The van der Waals surface area contributed by atoms with E-state index in [1.54, 1.807) is 38.5 Å². The van der Waals surface area contributed by atoms with Gasteiger partial charge in [-0.25, -0.2) is 0 Å². The smallest absolute Gasteiger partial charge is 0.0238 e. The van der Waals surface area contributed by atoms with Gasteiger partial charge >= 0.3 is 0 Å². The lowest BCUT2D eigenvalue weighted by Gasteiger charge is -2.66. The Kier molecular flexibility index (Phi) is 2.12. The van der Waals surface area contributed by atoms with Gasteiger partial charge in [0.05, 0.1) is 0 Å². The molecule has 0 spiro atoms. The van der Waals surface area contributed by atoms with E-state index in [1.165, 1.54) is 6.42 Å². The van der Waals surface area contributed by atoms with E-state index < -0.39 is 0 Å². The summed E-state index contributed by atoms with van der Waals surface area (Å²) in [6.45, 7) is 9.96. The van der Waals surface area contributed by atoms with E-state index in [1.807, 2.05) is 0 Å². The predicted octanol–water partition coefficient (Wildman–Crippen LogP) is 5.03. The summed E-state index contributed by atoms with van der Waals surface area (Å²) in [6.07, 6.45) is 10.8. The fraction of sp³-hybridized carbons (Fsp3) is 1.00. The van der Waals surface area contributed by atoms with Crippen LogP contribution in [0.2, 0.25) is 0 Å². The molecule has 0 nitrogen and oxygen atoms in total. The van der Waals surface area contributed by atoms with Gasteiger partial charge in [-0.05, 0) is 66.6 Å². The molecular weight excluding hydrogens is 192 g/mol. The van der Waals surface area contributed by atoms with Gasteiger partial charge in [0.25, 0.3) is 0 Å². The highest BCUT2D eigenvalue weighted by molar-refractivity contribution is 5.10. The molecule has 92 valence electrons. The summed E-state index contributed by atoms with van der Waals surface area (Å²) in [4.78, 5) is 0. The fourth-order valence-corrected chi connectivity index (χ4v) is 5.74. The van der Waals surface area contributed by atoms with Crippen molar-refractivity contribution in [3.05, 3.63) is 0 Å². The molecular formula is C16H28. The van der Waals surface area contributed by atoms with Crippen LogP contribution in [0.25, 0.3) is 0 Å². The van der Waals surface area contributed by atoms with Gasteiger partial charge < -0.3 is 0 Å². The highest BCUT2D eigenvalue weighted by Gasteiger charge is 2.60. The molecule has 2 unspecified atom stereocenters. The van der Waals surface area contributed by atoms with E-state index in [9.17, 15) is 0 Å². The second kappa shape index (κ2) is 3.06. The van der Waals surface area contributed by atoms with Gasteiger partial charge in [0.1, 0.15) is 0 Å². The molecule has 0 aliphatic heterocycles. The minimum Gasteiger partial charge on any atom is -0.0649 e. The monoisotopic (exact) mass is 220 g/mol. The van der Waals surface area contributed by atoms with Crippen molar-refractivity contribution in [2.24, 2.45) is 28.1 Å². The Morgan fingerprint density at radius 2 is 1.56 bits per heavy atom. The van der Waals surface area contributed by atoms with Gasteiger partial charge in [0.2, 0.25) is 0 Å². The van der Waals surface area contributed by atoms with Gasteiger partial charge in [0.15, 0.2) is 0 Å². The van der Waals surface area contributed by atoms with Crippen molar-refractivity contribution in [2.45, 2.75) is 72.6 Å². The van der Waals surface area contributed by atoms with E-state index in [0.717, 1.165) is 17.3 Å². The first-order valence-electron chi connectivity index (χ1n) is 7.38. The van der Waals surface area contributed by atoms with Crippen LogP contribution in [-0.2, 0) is 0 Å². The quantitative estimate of drug-likeness (QED) is 0.581. The Balaban J connectivity index is 1.99. The van der Waals surface area contributed by atoms with Crippen molar-refractivity contribution in [1.82, 2.24) is 0 Å². The predicted molar refractivity (Wildman–Crippen MR) is 69.3 cm³/mol. The standard InChI is InChI=1S/C16H28/c1-5-15-7-12-6-13(8-15)10-16(9-12,11-15)14(2,3)4/h12-13H,5-11H2,1-4H3. The summed E-state index contributed by atoms with van der Waals surface area (Å²) in [6, 6.07) is 0. The van der Waals surface area contributed by atoms with E-state index >= 15 is 0 Å². The van der Waals surface area contributed by atoms with E-state index in [2.05, 4.69) is 27.7 Å². The molecule has 0 radical (unpaired) electrons. The SMILES string of the molecule is CCC12CC3CC(C1)CC(C(C)(C)C)(C3)C2. The van der Waals surface area contributed by atoms with Crippen LogP contribution in [0.5, 0.6) is 0 Å². The third-order valence-corrected chi connectivity index (χ3v) is 6.52. The van der Waals surface area contributed by atoms with Gasteiger partial charge in [-0.1, -0.05) is 34.1 Å². The first-order chi connectivity index (χ1) is 7.38. The van der Waals surface area contributed by atoms with Crippen molar-refractivity contribution >= 4 is 0 Å². The zero-order valence-electron chi connectivity index (χ0n) is 11.6. The lowest BCUT2D eigenvalue weighted by Crippen LogP contribution is -2.56. The Morgan fingerprint density at radius 1 is 1.00 bits per heavy atom. The molecule has 0 aromatic carbocycles. The van der Waals surface area contributed by atoms with Crippen molar-refractivity contribution < 1.29 is 0 Å². The summed E-state index contributed by atoms with van der Waals surface area (Å²) < 4.78 is 0. The second-order valence-corrected chi connectivity index (χ2v) is 8.34. The minimum absolute atomic E-state index is 0.533. The molecule has 4 rings (SSSR count). The molecule has 4 aliphatic rings. The Morgan fingerprint density at radius 3 is 2.00 bits per heavy atom. The maximum absolute atomic E-state index is 2.50. The summed E-state index contributed by atoms with van der Waals surface area (Å²) >= 11 is 0. The topological polar surface area (TPSA) is 0 Å². The lowest BCUT2D eigenvalue weighted by atomic mass is 9.39. The van der Waals surface area contributed by atoms with Crippen LogP contribution >= 0.6 is 0 Å². The summed E-state index contributed by atoms with van der Waals surface area (Å²) in [5.41, 5.74) is 2.00. The number of hydrogen-bond donors (Lipinski definition) is 0. The molecule has 0 heterocycles. The average Bonchev–Trinajstić information content (AvgIpc) is 2.14. The lowest BCUT2D eigenvalue weighted by molar-refractivity contribution is -0.157. The largest absolute Gasteiger partial charge is 0.0649 e. The normalized spacial score (nSPS) is 51.0. The van der Waals surface area contributed by atoms with Crippen LogP contribution in [0.3, 0.4) is 0 Å². The van der Waals surface area contributed by atoms with Crippen molar-refractivity contribution in [3.8, 4) is 0 Å². The number of rotatable bonds is 1. The fourth-order valence-electron chi connectivity index (χ4n) is 5.74. The molecule has 0 N–H and O–H groups in total. The minimum atomic E-state index is 0.533. The van der Waals surface area contributed by atoms with E-state index in [0.29, 0.717) is 10.8 Å². The first kappa shape index (κ1) is 11.1. The summed E-state index contributed by atoms with van der Waals surface area (Å²) in [5, 5.41) is 0. The summed E-state index contributed by atoms with van der Waals surface area (Å²) in [5.74, 6) is 2.17. The molecule has 0 aromatic rings. The summed E-state index contributed by atoms with van der Waals surface area (Å²) in [7, 11) is 0. The maximum Gasteiger partial charge on any atom is -0.0238 e. The third-order valence-electron chi connectivity index (χ3n) is 6.52. The van der Waals surface area contributed by atoms with Crippen LogP contribution in [0.1, 0.15) is 72.6 Å². The van der Waals surface area contributed by atoms with E-state index in [4.69, 9.17) is 0 Å². The zero-order chi connectivity index (χ0) is 11.6. The molecule has 0 aromatic heterocycles. The Hall–Kier alpha value is 0. The molecule has 4 aliphatic carbocycles. The molecule has 0 heteroatoms. The second-order valence-electron chi connectivity index (χ2n) is 8.34. The van der Waals surface area contributed by atoms with Crippen LogP contribution in [0.15, 0.2) is 0 Å². The van der Waals surface area contributed by atoms with Crippen molar-refractivity contribution in [1.29, 1.82) is 0 Å². The van der Waals surface area contributed by atoms with Crippen molar-refractivity contribution in [3.63, 3.8) is 0 Å². The third kappa shape index (κ3) is 1.34. The number of hydrogen-bond acceptors (Lipinski definition) is 0. The molecule has 2 atom stereocenters. The average molecular weight is 220 g/mol. The van der Waals surface area contributed by atoms with Crippen LogP contribution < -0.4 is 0 Å². The zero-order valence-corrected chi connectivity index (χ0v) is 11.6. The molecule has 0 saturated heterocycles. The molecule has 4 bridgehead atoms. The highest BCUT2D eigenvalue weighted by atomic mass is 14.6. The molecule has 16 heavy (non-hydrogen) atoms. The van der Waals surface area contributed by atoms with Crippen LogP contribution in [0, 0.1) is 28.1 Å².